The van der Waals surface area contributed by atoms with Gasteiger partial charge in [-0.2, -0.15) is 0 Å². The molecule has 19 nitrogen and oxygen atoms in total. The first kappa shape index (κ1) is 43.3. The van der Waals surface area contributed by atoms with Gasteiger partial charge in [0.2, 0.25) is 0 Å². The molecule has 1 heterocycles. The van der Waals surface area contributed by atoms with Crippen LogP contribution in [0.15, 0.2) is 52.5 Å². The van der Waals surface area contributed by atoms with E-state index in [9.17, 15) is 28.6 Å². The van der Waals surface area contributed by atoms with Gasteiger partial charge in [-0.1, -0.05) is 5.54 Å². The number of aromatic nitrogens is 1. The molecule has 0 spiro atoms. The molecule has 0 aliphatic heterocycles. The summed E-state index contributed by atoms with van der Waals surface area (Å²) < 4.78 is 26.0. The predicted octanol–water partition coefficient (Wildman–Crippen LogP) is -0.300. The normalized spacial score (nSPS) is 11.6. The molecule has 0 saturated heterocycles. The summed E-state index contributed by atoms with van der Waals surface area (Å²) in [6.07, 6.45) is 2.06. The summed E-state index contributed by atoms with van der Waals surface area (Å²) in [7, 11) is -11.0. The summed E-state index contributed by atoms with van der Waals surface area (Å²) >= 11 is 1.76. The van der Waals surface area contributed by atoms with Crippen molar-refractivity contribution in [3.05, 3.63) is 65.2 Å². The van der Waals surface area contributed by atoms with Crippen LogP contribution < -0.4 is 10.7 Å². The van der Waals surface area contributed by atoms with Crippen molar-refractivity contribution in [2.24, 2.45) is 3.72 Å². The van der Waals surface area contributed by atoms with Gasteiger partial charge in [0, 0.05) is 37.8 Å². The van der Waals surface area contributed by atoms with E-state index in [2.05, 4.69) is 24.8 Å². The van der Waals surface area contributed by atoms with Gasteiger partial charge in [-0.05, 0) is 25.6 Å². The van der Waals surface area contributed by atoms with Crippen LogP contribution in [0.25, 0.3) is 5.32 Å². The number of carbonyl (C=O) groups excluding carboxylic acids is 2. The molecule has 1 aromatic heterocycles. The van der Waals surface area contributed by atoms with E-state index >= 15 is 0 Å². The maximum atomic E-state index is 11.9. The summed E-state index contributed by atoms with van der Waals surface area (Å²) in [4.78, 5) is 72.3. The van der Waals surface area contributed by atoms with E-state index in [0.29, 0.717) is 16.8 Å². The monoisotopic (exact) mass is 779 g/mol. The van der Waals surface area contributed by atoms with Crippen LogP contribution in [-0.4, -0.2) is 111 Å². The van der Waals surface area contributed by atoms with Crippen LogP contribution in [0.1, 0.15) is 40.5 Å². The molecule has 11 N–H and O–H groups in total. The maximum Gasteiger partial charge on any atom is 0.282 e. The van der Waals surface area contributed by atoms with Gasteiger partial charge in [-0.25, -0.2) is 0 Å². The van der Waals surface area contributed by atoms with Crippen molar-refractivity contribution in [1.29, 1.82) is 0 Å². The molecule has 259 valence electrons. The van der Waals surface area contributed by atoms with Crippen molar-refractivity contribution < 1.29 is 87.3 Å². The number of hydrogen-bond donors (Lipinski definition) is 11. The number of carbonyl (C=O) groups is 3. The van der Waals surface area contributed by atoms with Crippen LogP contribution >= 0.6 is 15.2 Å². The molecule has 22 heteroatoms. The van der Waals surface area contributed by atoms with Crippen LogP contribution in [0.3, 0.4) is 0 Å². The fourth-order valence-corrected chi connectivity index (χ4v) is 5.44. The molecule has 0 atom stereocenters. The molecule has 0 radical (unpaired) electrons. The number of pyridine rings is 1. The summed E-state index contributed by atoms with van der Waals surface area (Å²) in [6.45, 7) is -0.892. The maximum absolute atomic E-state index is 11.9. The second kappa shape index (κ2) is 20.5. The Labute approximate surface area is 273 Å². The fourth-order valence-electron chi connectivity index (χ4n) is 2.94. The van der Waals surface area contributed by atoms with Crippen molar-refractivity contribution >= 4 is 38.5 Å². The molecule has 2 rings (SSSR count). The summed E-state index contributed by atoms with van der Waals surface area (Å²) in [6, 6.07) is 9.74. The first-order valence-electron chi connectivity index (χ1n) is 12.8. The van der Waals surface area contributed by atoms with Gasteiger partial charge in [0.05, 0.1) is 0 Å². The number of Topliss-reactive ketones (excluding diaryl/α,β-unsaturated/α-hetero) is 1. The molecule has 1 aromatic carbocycles. The quantitative estimate of drug-likeness (QED) is 0.0451. The number of benzene rings is 1. The minimum absolute atomic E-state index is 0.0584. The van der Waals surface area contributed by atoms with E-state index in [1.165, 1.54) is 19.1 Å². The third kappa shape index (κ3) is 14.8. The molecule has 0 bridgehead atoms. The van der Waals surface area contributed by atoms with Gasteiger partial charge in [0.15, 0.2) is 5.78 Å². The minimum atomic E-state index is -5.48. The minimum Gasteiger partial charge on any atom is -0.642 e. The summed E-state index contributed by atoms with van der Waals surface area (Å²) in [5.74, 6) is -1.60. The van der Waals surface area contributed by atoms with Crippen molar-refractivity contribution in [3.8, 4) is 0 Å². The number of nitrogens with zero attached hydrogens (tertiary/aromatic N) is 3. The van der Waals surface area contributed by atoms with Crippen LogP contribution in [0, 0.1) is 0 Å². The molecule has 1 amide bonds. The smallest absolute Gasteiger partial charge is 0.282 e. The zero-order valence-corrected chi connectivity index (χ0v) is 27.9. The van der Waals surface area contributed by atoms with Crippen LogP contribution in [0.5, 0.6) is 0 Å². The molecule has 0 aliphatic rings. The van der Waals surface area contributed by atoms with Crippen molar-refractivity contribution in [2.45, 2.75) is 30.4 Å². The van der Waals surface area contributed by atoms with Gasteiger partial charge in [-0.3, -0.25) is 23.7 Å². The fraction of sp³-hybridized carbons (Fsp3) is 0.417. The molecular formula is C24H36N5O14P2Tc-. The molecule has 0 unspecified atom stereocenters. The Morgan fingerprint density at radius 2 is 1.50 bits per heavy atom. The second-order valence-corrected chi connectivity index (χ2v) is 13.6. The predicted molar refractivity (Wildman–Crippen MR) is 157 cm³/mol. The first-order chi connectivity index (χ1) is 21.3. The van der Waals surface area contributed by atoms with Crippen molar-refractivity contribution in [1.82, 2.24) is 10.3 Å². The zero-order chi connectivity index (χ0) is 35.6. The van der Waals surface area contributed by atoms with Gasteiger partial charge in [-0.15, -0.1) is 0 Å². The number of aliphatic hydroxyl groups is 4. The topological polar surface area (TPSA) is 331 Å². The second-order valence-electron chi connectivity index (χ2n) is 9.20. The SMILES string of the molecule is CC(=O)c1cccnc1.O=C(NCCCC(O)(P(=O)(O)O)P(=O)(O)O)c1ccc(N[N]=[99Tc])cc1.O=C(O)C[N-]C(CO)(CO)CO. The van der Waals surface area contributed by atoms with Crippen LogP contribution in [0.4, 0.5) is 5.69 Å². The molecule has 0 fully saturated rings. The summed E-state index contributed by atoms with van der Waals surface area (Å²) in [5.41, 5.74) is 2.88. The third-order valence-corrected chi connectivity index (χ3v) is 9.81. The molecule has 46 heavy (non-hydrogen) atoms. The van der Waals surface area contributed by atoms with E-state index in [1.54, 1.807) is 55.4 Å². The van der Waals surface area contributed by atoms with Gasteiger partial charge in [0.25, 0.3) is 5.97 Å². The van der Waals surface area contributed by atoms with Gasteiger partial charge >= 0.3 is 119 Å². The van der Waals surface area contributed by atoms with Crippen LogP contribution in [0.2, 0.25) is 0 Å². The molecular weight excluding hydrogens is 743 g/mol. The van der Waals surface area contributed by atoms with E-state index < -0.39 is 70.5 Å². The van der Waals surface area contributed by atoms with E-state index in [0.717, 1.165) is 0 Å². The Balaban J connectivity index is 0.000000791. The Hall–Kier alpha value is -2.67. The average molecular weight is 779 g/mol. The number of nitrogens with one attached hydrogen (secondary N) is 2. The number of amides is 1. The standard InChI is InChI=1S/C11H17N3O8P2.C7H7NO.C6H12NO5.Tc/c12-14-9-4-2-8(3-5-9)10(15)13-7-1-6-11(16,23(17,18)19)24(20,21)22;1-6(9)7-3-2-4-8-5-7;8-2-6(3-9,4-10)7-1-5(11)12;/h2-5,14,16H,1,6-7H2,(H,13,15)(H2,17,18,19)(H2,20,21,22);2-5H,1H3;8-10H,1-4H2,(H,11,12);/q;;-1;/i;;;1+1. The average Bonchev–Trinajstić information content (AvgIpc) is 3.00. The third-order valence-electron chi connectivity index (χ3n) is 5.73. The Morgan fingerprint density at radius 1 is 0.957 bits per heavy atom. The van der Waals surface area contributed by atoms with Gasteiger partial charge in [0.1, 0.15) is 0 Å². The Kier molecular flexibility index (Phi) is 19.3. The van der Waals surface area contributed by atoms with Gasteiger partial charge < -0.3 is 50.4 Å². The number of carboxylic acids is 1. The number of rotatable bonds is 16. The number of aliphatic hydroxyl groups excluding tert-OH is 3. The Morgan fingerprint density at radius 3 is 1.87 bits per heavy atom. The Bertz CT molecular complexity index is 1320. The zero-order valence-electron chi connectivity index (χ0n) is 24.2. The van der Waals surface area contributed by atoms with Crippen LogP contribution in [-0.2, 0) is 32.6 Å². The molecule has 2 aromatic rings. The number of carboxylic acid groups (broad SMARTS) is 1. The number of ketones is 1. The summed E-state index contributed by atoms with van der Waals surface area (Å²) in [5, 5.41) is 46.4. The molecule has 0 saturated carbocycles. The molecule has 0 aliphatic carbocycles. The van der Waals surface area contributed by atoms with E-state index in [-0.39, 0.29) is 18.7 Å². The van der Waals surface area contributed by atoms with Crippen molar-refractivity contribution in [3.63, 3.8) is 0 Å². The first-order valence-corrected chi connectivity index (χ1v) is 16.8. The van der Waals surface area contributed by atoms with E-state index in [1.807, 2.05) is 0 Å². The van der Waals surface area contributed by atoms with Crippen molar-refractivity contribution in [2.75, 3.05) is 38.3 Å². The largest absolute Gasteiger partial charge is 0.642 e. The number of aliphatic carboxylic acids is 1. The number of hydrogen-bond acceptors (Lipinski definition) is 12. The van der Waals surface area contributed by atoms with E-state index in [4.69, 9.17) is 40.0 Å². The number of anilines is 1.